The number of rotatable bonds is 12. The van der Waals surface area contributed by atoms with Gasteiger partial charge in [-0.15, -0.1) is 0 Å². The highest BCUT2D eigenvalue weighted by Gasteiger charge is 2.26. The van der Waals surface area contributed by atoms with Crippen molar-refractivity contribution in [1.29, 1.82) is 0 Å². The number of amides is 2. The second-order valence-corrected chi connectivity index (χ2v) is 10.2. The molecule has 1 aromatic heterocycles. The Kier molecular flexibility index (Phi) is 9.72. The normalized spacial score (nSPS) is 12.1. The highest BCUT2D eigenvalue weighted by atomic mass is 32.2. The average molecular weight is 509 g/mol. The maximum atomic E-state index is 13.3. The van der Waals surface area contributed by atoms with Crippen molar-refractivity contribution in [2.75, 3.05) is 6.54 Å². The van der Waals surface area contributed by atoms with E-state index in [1.54, 1.807) is 43.3 Å². The lowest BCUT2D eigenvalue weighted by Gasteiger charge is -2.29. The van der Waals surface area contributed by atoms with Crippen molar-refractivity contribution in [3.05, 3.63) is 95.8 Å². The molecule has 8 nitrogen and oxygen atoms in total. The first kappa shape index (κ1) is 27.0. The molecule has 2 aromatic carbocycles. The molecule has 9 heteroatoms. The van der Waals surface area contributed by atoms with Crippen LogP contribution >= 0.6 is 0 Å². The summed E-state index contributed by atoms with van der Waals surface area (Å²) in [5.74, 6) is -0.399. The highest BCUT2D eigenvalue weighted by Crippen LogP contribution is 2.15. The maximum absolute atomic E-state index is 13.3. The summed E-state index contributed by atoms with van der Waals surface area (Å²) in [6.07, 6.45) is 3.95. The molecule has 0 unspecified atom stereocenters. The van der Waals surface area contributed by atoms with E-state index in [0.29, 0.717) is 26.1 Å². The van der Waals surface area contributed by atoms with Gasteiger partial charge < -0.3 is 10.2 Å². The number of aromatic nitrogens is 1. The summed E-state index contributed by atoms with van der Waals surface area (Å²) in [5.41, 5.74) is 2.69. The van der Waals surface area contributed by atoms with E-state index in [-0.39, 0.29) is 23.1 Å². The van der Waals surface area contributed by atoms with E-state index in [9.17, 15) is 18.0 Å². The molecule has 0 fully saturated rings. The highest BCUT2D eigenvalue weighted by molar-refractivity contribution is 7.89. The first-order valence-electron chi connectivity index (χ1n) is 11.9. The molecule has 36 heavy (non-hydrogen) atoms. The largest absolute Gasteiger partial charge is 0.350 e. The minimum atomic E-state index is -3.53. The van der Waals surface area contributed by atoms with Crippen molar-refractivity contribution < 1.29 is 18.0 Å². The molecule has 2 amide bonds. The zero-order valence-corrected chi connectivity index (χ0v) is 21.4. The van der Waals surface area contributed by atoms with Gasteiger partial charge in [-0.2, -0.15) is 0 Å². The van der Waals surface area contributed by atoms with E-state index in [4.69, 9.17) is 0 Å². The molecule has 0 aliphatic rings. The Hall–Kier alpha value is -3.56. The third-order valence-corrected chi connectivity index (χ3v) is 7.34. The fourth-order valence-corrected chi connectivity index (χ4v) is 4.74. The van der Waals surface area contributed by atoms with Crippen LogP contribution in [0.2, 0.25) is 0 Å². The third-order valence-electron chi connectivity index (χ3n) is 5.77. The van der Waals surface area contributed by atoms with Gasteiger partial charge in [-0.3, -0.25) is 14.6 Å². The number of nitrogens with one attached hydrogen (secondary N) is 2. The quantitative estimate of drug-likeness (QED) is 0.391. The molecule has 0 saturated heterocycles. The third kappa shape index (κ3) is 7.73. The van der Waals surface area contributed by atoms with Gasteiger partial charge in [0.2, 0.25) is 21.8 Å². The first-order valence-corrected chi connectivity index (χ1v) is 13.4. The molecule has 0 saturated carbocycles. The standard InChI is InChI=1S/C27H32N4O4S/c1-3-30-36(34,35)25-12-9-22(10-13-25)11-14-26(32)31(20-24-7-5-4-6-8-24)21(2)27(33)29-19-23-15-17-28-18-16-23/h4-10,12-13,15-18,21,30H,3,11,14,19-20H2,1-2H3,(H,29,33)/t21-/m1/s1. The fourth-order valence-electron chi connectivity index (χ4n) is 3.70. The van der Waals surface area contributed by atoms with Crippen LogP contribution in [-0.2, 0) is 39.1 Å². The molecule has 190 valence electrons. The van der Waals surface area contributed by atoms with Crippen LogP contribution in [0.4, 0.5) is 0 Å². The van der Waals surface area contributed by atoms with Gasteiger partial charge in [0.15, 0.2) is 0 Å². The Morgan fingerprint density at radius 3 is 2.22 bits per heavy atom. The predicted octanol–water partition coefficient (Wildman–Crippen LogP) is 3.05. The van der Waals surface area contributed by atoms with Crippen molar-refractivity contribution >= 4 is 21.8 Å². The van der Waals surface area contributed by atoms with Crippen LogP contribution in [0.3, 0.4) is 0 Å². The lowest BCUT2D eigenvalue weighted by molar-refractivity contribution is -0.140. The summed E-state index contributed by atoms with van der Waals surface area (Å²) < 4.78 is 26.7. The second kappa shape index (κ2) is 12.9. The fraction of sp³-hybridized carbons (Fsp3) is 0.296. The van der Waals surface area contributed by atoms with Gasteiger partial charge in [-0.05, 0) is 54.3 Å². The van der Waals surface area contributed by atoms with E-state index < -0.39 is 16.1 Å². The Bertz CT molecular complexity index is 1230. The van der Waals surface area contributed by atoms with Crippen molar-refractivity contribution in [3.63, 3.8) is 0 Å². The molecular weight excluding hydrogens is 476 g/mol. The van der Waals surface area contributed by atoms with Crippen molar-refractivity contribution in [1.82, 2.24) is 19.9 Å². The van der Waals surface area contributed by atoms with Crippen molar-refractivity contribution in [2.24, 2.45) is 0 Å². The molecule has 3 aromatic rings. The van der Waals surface area contributed by atoms with Gasteiger partial charge in [0, 0.05) is 38.4 Å². The number of carbonyl (C=O) groups is 2. The van der Waals surface area contributed by atoms with Crippen LogP contribution in [0, 0.1) is 0 Å². The number of benzene rings is 2. The SMILES string of the molecule is CCNS(=O)(=O)c1ccc(CCC(=O)N(Cc2ccccc2)[C@H](C)C(=O)NCc2ccncc2)cc1. The van der Waals surface area contributed by atoms with Gasteiger partial charge in [-0.25, -0.2) is 13.1 Å². The van der Waals surface area contributed by atoms with E-state index >= 15 is 0 Å². The molecule has 0 bridgehead atoms. The molecule has 1 heterocycles. The molecule has 1 atom stereocenters. The van der Waals surface area contributed by atoms with E-state index in [1.807, 2.05) is 42.5 Å². The Morgan fingerprint density at radius 2 is 1.58 bits per heavy atom. The molecular formula is C27H32N4O4S. The predicted molar refractivity (Wildman–Crippen MR) is 138 cm³/mol. The lowest BCUT2D eigenvalue weighted by atomic mass is 10.1. The van der Waals surface area contributed by atoms with Gasteiger partial charge in [0.1, 0.15) is 6.04 Å². The zero-order valence-electron chi connectivity index (χ0n) is 20.6. The van der Waals surface area contributed by atoms with E-state index in [0.717, 1.165) is 16.7 Å². The lowest BCUT2D eigenvalue weighted by Crippen LogP contribution is -2.47. The van der Waals surface area contributed by atoms with Crippen LogP contribution in [0.5, 0.6) is 0 Å². The molecule has 0 spiro atoms. The number of carbonyl (C=O) groups excluding carboxylic acids is 2. The molecule has 0 aliphatic heterocycles. The summed E-state index contributed by atoms with van der Waals surface area (Å²) in [6.45, 7) is 4.41. The van der Waals surface area contributed by atoms with Gasteiger partial charge >= 0.3 is 0 Å². The monoisotopic (exact) mass is 508 g/mol. The topological polar surface area (TPSA) is 108 Å². The molecule has 3 rings (SSSR count). The number of hydrogen-bond acceptors (Lipinski definition) is 5. The van der Waals surface area contributed by atoms with E-state index in [1.165, 1.54) is 12.1 Å². The Labute approximate surface area is 212 Å². The number of hydrogen-bond donors (Lipinski definition) is 2. The zero-order chi connectivity index (χ0) is 26.0. The van der Waals surface area contributed by atoms with Gasteiger partial charge in [0.25, 0.3) is 0 Å². The van der Waals surface area contributed by atoms with Gasteiger partial charge in [0.05, 0.1) is 4.90 Å². The summed E-state index contributed by atoms with van der Waals surface area (Å²) in [4.78, 5) is 32.0. The summed E-state index contributed by atoms with van der Waals surface area (Å²) >= 11 is 0. The molecule has 0 radical (unpaired) electrons. The number of nitrogens with zero attached hydrogens (tertiary/aromatic N) is 2. The first-order chi connectivity index (χ1) is 17.3. The summed E-state index contributed by atoms with van der Waals surface area (Å²) in [7, 11) is -3.53. The minimum absolute atomic E-state index is 0.158. The molecule has 2 N–H and O–H groups in total. The van der Waals surface area contributed by atoms with Crippen LogP contribution < -0.4 is 10.0 Å². The summed E-state index contributed by atoms with van der Waals surface area (Å²) in [5, 5.41) is 2.90. The van der Waals surface area contributed by atoms with Crippen LogP contribution in [0.1, 0.15) is 37.0 Å². The molecule has 0 aliphatic carbocycles. The van der Waals surface area contributed by atoms with Crippen LogP contribution in [-0.4, -0.2) is 42.7 Å². The number of pyridine rings is 1. The van der Waals surface area contributed by atoms with E-state index in [2.05, 4.69) is 15.0 Å². The van der Waals surface area contributed by atoms with Crippen molar-refractivity contribution in [2.45, 2.75) is 50.7 Å². The van der Waals surface area contributed by atoms with Crippen molar-refractivity contribution in [3.8, 4) is 0 Å². The number of aryl methyl sites for hydroxylation is 1. The maximum Gasteiger partial charge on any atom is 0.242 e. The van der Waals surface area contributed by atoms with Gasteiger partial charge in [-0.1, -0.05) is 49.4 Å². The second-order valence-electron chi connectivity index (χ2n) is 8.40. The Morgan fingerprint density at radius 1 is 0.917 bits per heavy atom. The smallest absolute Gasteiger partial charge is 0.242 e. The minimum Gasteiger partial charge on any atom is -0.350 e. The number of sulfonamides is 1. The van der Waals surface area contributed by atoms with Crippen LogP contribution in [0.25, 0.3) is 0 Å². The average Bonchev–Trinajstić information content (AvgIpc) is 2.90. The Balaban J connectivity index is 1.67. The summed E-state index contributed by atoms with van der Waals surface area (Å²) in [6, 6.07) is 19.0. The van der Waals surface area contributed by atoms with Crippen LogP contribution in [0.15, 0.2) is 84.0 Å².